The highest BCUT2D eigenvalue weighted by atomic mass is 16.3. The Balaban J connectivity index is 1.98. The van der Waals surface area contributed by atoms with E-state index in [1.807, 2.05) is 36.4 Å². The molecule has 20 heavy (non-hydrogen) atoms. The molecule has 102 valence electrons. The average Bonchev–Trinajstić information content (AvgIpc) is 2.95. The molecule has 0 unspecified atom stereocenters. The Labute approximate surface area is 117 Å². The van der Waals surface area contributed by atoms with Gasteiger partial charge < -0.3 is 15.1 Å². The summed E-state index contributed by atoms with van der Waals surface area (Å²) in [7, 11) is 0. The zero-order valence-electron chi connectivity index (χ0n) is 11.4. The Morgan fingerprint density at radius 1 is 1.20 bits per heavy atom. The summed E-state index contributed by atoms with van der Waals surface area (Å²) in [5.74, 6) is 0.932. The first-order valence-electron chi connectivity index (χ1n) is 6.70. The topological polar surface area (TPSA) is 55.3 Å². The number of para-hydroxylation sites is 1. The molecule has 0 amide bonds. The first-order chi connectivity index (χ1) is 9.79. The Kier molecular flexibility index (Phi) is 3.29. The number of furan rings is 1. The number of hydrogen-bond donors (Lipinski definition) is 1. The molecular weight excluding hydrogens is 250 g/mol. The molecule has 4 heteroatoms. The number of nitrogen functional groups attached to an aromatic ring is 1. The molecule has 4 nitrogen and oxygen atoms in total. The number of nitrogens with two attached hydrogens (primary N) is 1. The molecular formula is C16H17N3O. The third-order valence-electron chi connectivity index (χ3n) is 3.46. The maximum Gasteiger partial charge on any atom is 0.139 e. The molecule has 0 atom stereocenters. The van der Waals surface area contributed by atoms with Crippen molar-refractivity contribution in [2.24, 2.45) is 0 Å². The number of anilines is 2. The van der Waals surface area contributed by atoms with Crippen molar-refractivity contribution in [2.75, 3.05) is 17.2 Å². The van der Waals surface area contributed by atoms with Crippen molar-refractivity contribution in [1.82, 2.24) is 4.98 Å². The number of hydrogen-bond acceptors (Lipinski definition) is 4. The summed E-state index contributed by atoms with van der Waals surface area (Å²) in [6.07, 6.45) is 3.47. The lowest BCUT2D eigenvalue weighted by Crippen LogP contribution is -2.23. The van der Waals surface area contributed by atoms with Crippen LogP contribution in [0.5, 0.6) is 0 Å². The van der Waals surface area contributed by atoms with E-state index in [9.17, 15) is 0 Å². The van der Waals surface area contributed by atoms with E-state index >= 15 is 0 Å². The lowest BCUT2D eigenvalue weighted by atomic mass is 10.1. The third kappa shape index (κ3) is 2.20. The van der Waals surface area contributed by atoms with E-state index in [4.69, 9.17) is 10.2 Å². The Hall–Kier alpha value is -2.49. The molecule has 2 heterocycles. The molecule has 2 N–H and O–H groups in total. The van der Waals surface area contributed by atoms with Gasteiger partial charge in [-0.25, -0.2) is 4.98 Å². The summed E-state index contributed by atoms with van der Waals surface area (Å²) in [5.41, 5.74) is 8.80. The molecule has 0 aliphatic heterocycles. The van der Waals surface area contributed by atoms with Crippen LogP contribution in [0.2, 0.25) is 0 Å². The smallest absolute Gasteiger partial charge is 0.139 e. The van der Waals surface area contributed by atoms with E-state index in [1.54, 1.807) is 12.5 Å². The van der Waals surface area contributed by atoms with Crippen molar-refractivity contribution in [3.8, 4) is 0 Å². The van der Waals surface area contributed by atoms with E-state index in [0.717, 1.165) is 41.1 Å². The van der Waals surface area contributed by atoms with Crippen LogP contribution < -0.4 is 10.6 Å². The van der Waals surface area contributed by atoms with Gasteiger partial charge in [0.15, 0.2) is 0 Å². The molecule has 0 saturated heterocycles. The van der Waals surface area contributed by atoms with Gasteiger partial charge in [-0.3, -0.25) is 0 Å². The van der Waals surface area contributed by atoms with Crippen LogP contribution in [0.3, 0.4) is 0 Å². The molecule has 0 aliphatic rings. The van der Waals surface area contributed by atoms with E-state index in [2.05, 4.69) is 16.8 Å². The molecule has 1 aromatic carbocycles. The quantitative estimate of drug-likeness (QED) is 0.736. The van der Waals surface area contributed by atoms with Crippen molar-refractivity contribution < 1.29 is 4.42 Å². The Morgan fingerprint density at radius 2 is 2.05 bits per heavy atom. The normalized spacial score (nSPS) is 10.8. The second-order valence-electron chi connectivity index (χ2n) is 4.68. The van der Waals surface area contributed by atoms with Gasteiger partial charge in [-0.1, -0.05) is 18.2 Å². The van der Waals surface area contributed by atoms with Gasteiger partial charge in [0.1, 0.15) is 11.4 Å². The average molecular weight is 267 g/mol. The minimum Gasteiger partial charge on any atom is -0.464 e. The fourth-order valence-electron chi connectivity index (χ4n) is 2.35. The summed E-state index contributed by atoms with van der Waals surface area (Å²) in [4.78, 5) is 6.70. The number of fused-ring (bicyclic) bond motifs is 1. The van der Waals surface area contributed by atoms with Gasteiger partial charge in [-0.2, -0.15) is 0 Å². The predicted octanol–water partition coefficient (Wildman–Crippen LogP) is 3.44. The molecule has 0 saturated carbocycles. The van der Waals surface area contributed by atoms with Crippen molar-refractivity contribution in [1.29, 1.82) is 0 Å². The fraction of sp³-hybridized carbons (Fsp3) is 0.188. The van der Waals surface area contributed by atoms with Crippen LogP contribution in [0.1, 0.15) is 12.5 Å². The minimum atomic E-state index is 0.737. The standard InChI is InChI=1S/C16H17N3O/c1-2-19(11-12-5-3-4-6-14(12)17)16-13-8-10-20-15(13)7-9-18-16/h3-10H,2,11,17H2,1H3. The van der Waals surface area contributed by atoms with E-state index in [1.165, 1.54) is 0 Å². The molecule has 3 rings (SSSR count). The van der Waals surface area contributed by atoms with Crippen LogP contribution in [0, 0.1) is 0 Å². The number of pyridine rings is 1. The fourth-order valence-corrected chi connectivity index (χ4v) is 2.35. The largest absolute Gasteiger partial charge is 0.464 e. The highest BCUT2D eigenvalue weighted by molar-refractivity contribution is 5.88. The van der Waals surface area contributed by atoms with Crippen LogP contribution in [0.25, 0.3) is 11.0 Å². The number of benzene rings is 1. The van der Waals surface area contributed by atoms with Gasteiger partial charge in [0.25, 0.3) is 0 Å². The summed E-state index contributed by atoms with van der Waals surface area (Å²) in [6.45, 7) is 3.70. The van der Waals surface area contributed by atoms with Gasteiger partial charge in [0.05, 0.1) is 11.6 Å². The second kappa shape index (κ2) is 5.25. The number of rotatable bonds is 4. The first kappa shape index (κ1) is 12.5. The second-order valence-corrected chi connectivity index (χ2v) is 4.68. The van der Waals surface area contributed by atoms with E-state index in [-0.39, 0.29) is 0 Å². The van der Waals surface area contributed by atoms with Gasteiger partial charge in [-0.15, -0.1) is 0 Å². The van der Waals surface area contributed by atoms with Gasteiger partial charge >= 0.3 is 0 Å². The van der Waals surface area contributed by atoms with Gasteiger partial charge in [-0.05, 0) is 30.7 Å². The zero-order chi connectivity index (χ0) is 13.9. The van der Waals surface area contributed by atoms with Crippen LogP contribution in [0.4, 0.5) is 11.5 Å². The van der Waals surface area contributed by atoms with Gasteiger partial charge in [0.2, 0.25) is 0 Å². The van der Waals surface area contributed by atoms with Crippen molar-refractivity contribution in [3.63, 3.8) is 0 Å². The number of nitrogens with zero attached hydrogens (tertiary/aromatic N) is 2. The van der Waals surface area contributed by atoms with E-state index in [0.29, 0.717) is 0 Å². The molecule has 2 aromatic heterocycles. The van der Waals surface area contributed by atoms with Crippen LogP contribution in [-0.2, 0) is 6.54 Å². The molecule has 0 aliphatic carbocycles. The monoisotopic (exact) mass is 267 g/mol. The maximum atomic E-state index is 6.03. The Morgan fingerprint density at radius 3 is 2.85 bits per heavy atom. The lowest BCUT2D eigenvalue weighted by molar-refractivity contribution is 0.615. The number of aromatic nitrogens is 1. The predicted molar refractivity (Wildman–Crippen MR) is 81.6 cm³/mol. The SMILES string of the molecule is CCN(Cc1ccccc1N)c1nccc2occc12. The molecule has 0 bridgehead atoms. The van der Waals surface area contributed by atoms with Crippen LogP contribution in [0.15, 0.2) is 53.3 Å². The lowest BCUT2D eigenvalue weighted by Gasteiger charge is -2.23. The van der Waals surface area contributed by atoms with E-state index < -0.39 is 0 Å². The molecule has 3 aromatic rings. The minimum absolute atomic E-state index is 0.737. The summed E-state index contributed by atoms with van der Waals surface area (Å²) < 4.78 is 5.44. The highest BCUT2D eigenvalue weighted by Crippen LogP contribution is 2.27. The molecule has 0 fully saturated rings. The van der Waals surface area contributed by atoms with Crippen molar-refractivity contribution in [3.05, 3.63) is 54.4 Å². The summed E-state index contributed by atoms with van der Waals surface area (Å²) >= 11 is 0. The molecule has 0 spiro atoms. The van der Waals surface area contributed by atoms with Crippen LogP contribution in [-0.4, -0.2) is 11.5 Å². The first-order valence-corrected chi connectivity index (χ1v) is 6.70. The maximum absolute atomic E-state index is 6.03. The van der Waals surface area contributed by atoms with Crippen molar-refractivity contribution >= 4 is 22.5 Å². The highest BCUT2D eigenvalue weighted by Gasteiger charge is 2.13. The van der Waals surface area contributed by atoms with Crippen LogP contribution >= 0.6 is 0 Å². The summed E-state index contributed by atoms with van der Waals surface area (Å²) in [6, 6.07) is 11.8. The zero-order valence-corrected chi connectivity index (χ0v) is 11.4. The van der Waals surface area contributed by atoms with Crippen molar-refractivity contribution in [2.45, 2.75) is 13.5 Å². The molecule has 0 radical (unpaired) electrons. The third-order valence-corrected chi connectivity index (χ3v) is 3.46. The summed E-state index contributed by atoms with van der Waals surface area (Å²) in [5, 5.41) is 1.03. The Bertz CT molecular complexity index is 720. The van der Waals surface area contributed by atoms with Gasteiger partial charge in [0, 0.05) is 25.0 Å².